The number of hydrogen-bond donors (Lipinski definition) is 6. The number of aliphatic hydroxyl groups is 6. The number of methoxy groups -OCH3 is 1. The Kier molecular flexibility index (Phi) is 22.3. The highest BCUT2D eigenvalue weighted by molar-refractivity contribution is 7.90. The van der Waals surface area contributed by atoms with E-state index in [0.29, 0.717) is 43.8 Å². The number of hydrogen-bond acceptors (Lipinski definition) is 20. The number of carbonyl (C=O) groups is 1. The standard InChI is InChI=1S/C53H90FN5O16S/c1-15-16-42-53(10,66)46(62)34(6)58(12)27-30(2)24-51(8,65)48(32(4)45(33(5)49(64)73-42)74-43-25-52(9,69-13)47(63)35(7)72-43)75-50-44(61)39(23-31(3)71-50)57(11)22-21-36-28-59(56-55-36)40(26-54)41(60)29-70-37-17-19-38(20-18-37)76(14,67)68/h17-20,28,30-35,39-48,50,60-63,65-66H,15-16,21-27,29H2,1-14H3/t30-,31-,32+,33-,34-,35+,39+,40-,41-,42-,43+,44-,45+,46-,47+,48-,50+,51-,52-,53-/m1/s1. The van der Waals surface area contributed by atoms with Crippen LogP contribution in [0, 0.1) is 17.8 Å². The highest BCUT2D eigenvalue weighted by Crippen LogP contribution is 2.40. The minimum atomic E-state index is -3.42. The smallest absolute Gasteiger partial charge is 0.311 e. The second kappa shape index (κ2) is 26.5. The van der Waals surface area contributed by atoms with Crippen LogP contribution in [0.3, 0.4) is 0 Å². The van der Waals surface area contributed by atoms with Crippen molar-refractivity contribution in [3.8, 4) is 5.75 Å². The highest BCUT2D eigenvalue weighted by Gasteiger charge is 2.53. The van der Waals surface area contributed by atoms with Crippen molar-refractivity contribution in [2.45, 2.75) is 215 Å². The van der Waals surface area contributed by atoms with Crippen LogP contribution in [-0.2, 0) is 49.5 Å². The summed E-state index contributed by atoms with van der Waals surface area (Å²) in [6, 6.07) is 3.37. The van der Waals surface area contributed by atoms with Crippen LogP contribution in [0.2, 0.25) is 0 Å². The number of carbonyl (C=O) groups excluding carboxylic acids is 1. The van der Waals surface area contributed by atoms with E-state index in [1.807, 2.05) is 44.7 Å². The molecule has 3 fully saturated rings. The van der Waals surface area contributed by atoms with Crippen LogP contribution < -0.4 is 4.74 Å². The first-order valence-electron chi connectivity index (χ1n) is 26.7. The summed E-state index contributed by atoms with van der Waals surface area (Å²) in [4.78, 5) is 18.5. The monoisotopic (exact) mass is 1100 g/mol. The number of sulfone groups is 1. The van der Waals surface area contributed by atoms with Gasteiger partial charge in [0.15, 0.2) is 22.4 Å². The molecule has 0 aliphatic carbocycles. The molecule has 6 N–H and O–H groups in total. The summed E-state index contributed by atoms with van der Waals surface area (Å²) >= 11 is 0. The fourth-order valence-corrected chi connectivity index (χ4v) is 11.9. The molecule has 3 saturated heterocycles. The summed E-state index contributed by atoms with van der Waals surface area (Å²) < 4.78 is 83.3. The summed E-state index contributed by atoms with van der Waals surface area (Å²) in [5.41, 5.74) is -4.17. The van der Waals surface area contributed by atoms with Crippen molar-refractivity contribution in [3.63, 3.8) is 0 Å². The van der Waals surface area contributed by atoms with E-state index in [4.69, 9.17) is 33.2 Å². The van der Waals surface area contributed by atoms with Crippen molar-refractivity contribution in [2.75, 3.05) is 53.8 Å². The third kappa shape index (κ3) is 15.5. The molecule has 5 rings (SSSR count). The van der Waals surface area contributed by atoms with Gasteiger partial charge in [0.05, 0.1) is 52.1 Å². The Morgan fingerprint density at radius 3 is 2.25 bits per heavy atom. The molecule has 0 bridgehead atoms. The van der Waals surface area contributed by atoms with E-state index in [-0.39, 0.29) is 36.7 Å². The van der Waals surface area contributed by atoms with Crippen LogP contribution in [0.5, 0.6) is 5.75 Å². The highest BCUT2D eigenvalue weighted by atomic mass is 32.2. The van der Waals surface area contributed by atoms with E-state index in [9.17, 15) is 48.2 Å². The molecular weight excluding hydrogens is 1010 g/mol. The van der Waals surface area contributed by atoms with Gasteiger partial charge in [-0.3, -0.25) is 4.79 Å². The molecule has 76 heavy (non-hydrogen) atoms. The number of ether oxygens (including phenoxy) is 7. The molecule has 0 radical (unpaired) electrons. The summed E-state index contributed by atoms with van der Waals surface area (Å²) in [7, 11) is 1.71. The van der Waals surface area contributed by atoms with Crippen LogP contribution >= 0.6 is 0 Å². The molecule has 4 heterocycles. The molecule has 23 heteroatoms. The Labute approximate surface area is 449 Å². The molecule has 1 aromatic carbocycles. The van der Waals surface area contributed by atoms with E-state index < -0.39 is 137 Å². The first kappa shape index (κ1) is 63.8. The van der Waals surface area contributed by atoms with Gasteiger partial charge in [0.2, 0.25) is 0 Å². The predicted octanol–water partition coefficient (Wildman–Crippen LogP) is 2.85. The maximum atomic E-state index is 14.6. The second-order valence-corrected chi connectivity index (χ2v) is 24.9. The number of benzene rings is 1. The van der Waals surface area contributed by atoms with Gasteiger partial charge in [-0.15, -0.1) is 5.10 Å². The van der Waals surface area contributed by atoms with Crippen molar-refractivity contribution in [1.82, 2.24) is 24.8 Å². The molecule has 1 aromatic heterocycles. The third-order valence-corrected chi connectivity index (χ3v) is 17.3. The molecular formula is C53H90FN5O16S. The summed E-state index contributed by atoms with van der Waals surface area (Å²) in [6.45, 7) is 16.8. The minimum absolute atomic E-state index is 0.0648. The number of likely N-dealkylation sites (N-methyl/N-ethyl adjacent to an activating group) is 2. The van der Waals surface area contributed by atoms with Gasteiger partial charge in [-0.1, -0.05) is 32.4 Å². The van der Waals surface area contributed by atoms with Crippen LogP contribution in [0.25, 0.3) is 0 Å². The Balaban J connectivity index is 1.41. The number of aromatic nitrogens is 3. The summed E-state index contributed by atoms with van der Waals surface area (Å²) in [6.07, 6.45) is -7.64. The lowest BCUT2D eigenvalue weighted by Crippen LogP contribution is -2.61. The number of cyclic esters (lactones) is 1. The maximum absolute atomic E-state index is 14.6. The molecule has 436 valence electrons. The molecule has 0 amide bonds. The molecule has 20 atom stereocenters. The topological polar surface area (TPSA) is 274 Å². The lowest BCUT2D eigenvalue weighted by Gasteiger charge is -2.49. The van der Waals surface area contributed by atoms with Gasteiger partial charge in [0, 0.05) is 63.5 Å². The Morgan fingerprint density at radius 1 is 0.987 bits per heavy atom. The van der Waals surface area contributed by atoms with Crippen molar-refractivity contribution >= 4 is 15.8 Å². The van der Waals surface area contributed by atoms with Crippen molar-refractivity contribution in [3.05, 3.63) is 36.2 Å². The maximum Gasteiger partial charge on any atom is 0.311 e. The largest absolute Gasteiger partial charge is 0.491 e. The normalized spacial score (nSPS) is 38.7. The molecule has 0 saturated carbocycles. The third-order valence-electron chi connectivity index (χ3n) is 16.2. The van der Waals surface area contributed by atoms with E-state index in [1.54, 1.807) is 41.5 Å². The number of alkyl halides is 1. The number of halogens is 1. The van der Waals surface area contributed by atoms with E-state index in [0.717, 1.165) is 6.26 Å². The molecule has 0 unspecified atom stereocenters. The average molecular weight is 1100 g/mol. The van der Waals surface area contributed by atoms with Crippen molar-refractivity contribution in [2.24, 2.45) is 17.8 Å². The van der Waals surface area contributed by atoms with Gasteiger partial charge in [-0.25, -0.2) is 17.5 Å². The van der Waals surface area contributed by atoms with Crippen LogP contribution in [-0.4, -0.2) is 220 Å². The molecule has 0 spiro atoms. The fourth-order valence-electron chi connectivity index (χ4n) is 11.3. The van der Waals surface area contributed by atoms with Gasteiger partial charge in [-0.2, -0.15) is 0 Å². The van der Waals surface area contributed by atoms with E-state index >= 15 is 0 Å². The molecule has 3 aliphatic rings. The number of rotatable bonds is 18. The van der Waals surface area contributed by atoms with Gasteiger partial charge in [0.25, 0.3) is 0 Å². The van der Waals surface area contributed by atoms with Crippen LogP contribution in [0.4, 0.5) is 4.39 Å². The Morgan fingerprint density at radius 2 is 1.64 bits per heavy atom. The first-order valence-corrected chi connectivity index (χ1v) is 28.6. The average Bonchev–Trinajstić information content (AvgIpc) is 3.82. The van der Waals surface area contributed by atoms with Gasteiger partial charge in [0.1, 0.15) is 61.2 Å². The first-order chi connectivity index (χ1) is 35.4. The quantitative estimate of drug-likeness (QED) is 0.117. The molecule has 21 nitrogen and oxygen atoms in total. The zero-order valence-corrected chi connectivity index (χ0v) is 47.9. The lowest BCUT2D eigenvalue weighted by molar-refractivity contribution is -0.318. The SMILES string of the molecule is CCC[C@H]1OC(=O)[C@H](C)[C@@H](O[C@H]2C[C@@](C)(OC)[C@@H](O)[C@H](C)O2)[C@H](C)[C@@H](O[C@@H]2O[C@H](C)C[C@H](N(C)CCc3cn([C@H](CF)[C@H](O)COc4ccc(S(C)(=O)=O)cc4)nn3)[C@H]2O)[C@](C)(O)C[C@@H](C)CN(C)[C@H](C)[C@@H](O)[C@]1(C)O. The second-order valence-electron chi connectivity index (χ2n) is 22.8. The summed E-state index contributed by atoms with van der Waals surface area (Å²) in [5, 5.41) is 79.2. The Hall–Kier alpha value is -3.01. The summed E-state index contributed by atoms with van der Waals surface area (Å²) in [5.74, 6) is -2.67. The molecule has 3 aliphatic heterocycles. The van der Waals surface area contributed by atoms with Crippen molar-refractivity contribution in [1.29, 1.82) is 0 Å². The Bertz CT molecular complexity index is 2250. The fraction of sp³-hybridized carbons (Fsp3) is 0.830. The molecule has 2 aromatic rings. The zero-order valence-electron chi connectivity index (χ0n) is 47.1. The van der Waals surface area contributed by atoms with Gasteiger partial charge < -0.3 is 73.6 Å². The van der Waals surface area contributed by atoms with E-state index in [1.165, 1.54) is 49.2 Å². The van der Waals surface area contributed by atoms with Crippen LogP contribution in [0.15, 0.2) is 35.4 Å². The van der Waals surface area contributed by atoms with Gasteiger partial charge in [-0.05, 0) is 112 Å². The minimum Gasteiger partial charge on any atom is -0.491 e. The number of aliphatic hydroxyl groups excluding tert-OH is 4. The van der Waals surface area contributed by atoms with Crippen LogP contribution in [0.1, 0.15) is 113 Å². The zero-order chi connectivity index (χ0) is 56.8. The number of nitrogens with zero attached hydrogens (tertiary/aromatic N) is 5. The van der Waals surface area contributed by atoms with Crippen molar-refractivity contribution < 1.29 is 81.4 Å². The van der Waals surface area contributed by atoms with Gasteiger partial charge >= 0.3 is 5.97 Å². The lowest BCUT2D eigenvalue weighted by atomic mass is 9.77. The number of esters is 1. The van der Waals surface area contributed by atoms with E-state index in [2.05, 4.69) is 10.3 Å². The predicted molar refractivity (Wildman–Crippen MR) is 278 cm³/mol.